The van der Waals surface area contributed by atoms with Crippen LogP contribution in [-0.2, 0) is 10.0 Å². The van der Waals surface area contributed by atoms with Crippen LogP contribution in [0.4, 0.5) is 11.4 Å². The third kappa shape index (κ3) is 5.39. The van der Waals surface area contributed by atoms with E-state index in [9.17, 15) is 18.5 Å². The van der Waals surface area contributed by atoms with Crippen LogP contribution in [0, 0.1) is 16.0 Å². The van der Waals surface area contributed by atoms with Crippen LogP contribution in [0.1, 0.15) is 39.5 Å². The molecule has 2 rings (SSSR count). The maximum atomic E-state index is 11.4. The second kappa shape index (κ2) is 8.79. The highest BCUT2D eigenvalue weighted by molar-refractivity contribution is 7.89. The highest BCUT2D eigenvalue weighted by Crippen LogP contribution is 2.28. The first-order valence-electron chi connectivity index (χ1n) is 8.99. The first kappa shape index (κ1) is 20.6. The molecule has 1 aliphatic heterocycles. The lowest BCUT2D eigenvalue weighted by molar-refractivity contribution is -0.384. The molecule has 0 aliphatic carbocycles. The van der Waals surface area contributed by atoms with Gasteiger partial charge >= 0.3 is 0 Å². The van der Waals surface area contributed by atoms with E-state index in [2.05, 4.69) is 24.1 Å². The van der Waals surface area contributed by atoms with Gasteiger partial charge in [0.1, 0.15) is 5.69 Å². The van der Waals surface area contributed by atoms with Gasteiger partial charge in [-0.25, -0.2) is 13.6 Å². The van der Waals surface area contributed by atoms with E-state index in [1.807, 2.05) is 0 Å². The SMILES string of the molecule is CC(C)C(CNc1ccc(S(N)(=O)=O)cc1[N+](=O)[O-])N1CCCCCC1. The van der Waals surface area contributed by atoms with Gasteiger partial charge in [-0.2, -0.15) is 0 Å². The highest BCUT2D eigenvalue weighted by Gasteiger charge is 2.24. The molecule has 1 atom stereocenters. The molecule has 146 valence electrons. The molecule has 3 N–H and O–H groups in total. The summed E-state index contributed by atoms with van der Waals surface area (Å²) in [5.74, 6) is 0.392. The Labute approximate surface area is 155 Å². The number of nitro benzene ring substituents is 1. The van der Waals surface area contributed by atoms with Gasteiger partial charge in [0.15, 0.2) is 0 Å². The minimum absolute atomic E-state index is 0.255. The third-order valence-electron chi connectivity index (χ3n) is 4.88. The van der Waals surface area contributed by atoms with Gasteiger partial charge in [-0.3, -0.25) is 15.0 Å². The number of anilines is 1. The van der Waals surface area contributed by atoms with Crippen LogP contribution in [0.2, 0.25) is 0 Å². The summed E-state index contributed by atoms with van der Waals surface area (Å²) < 4.78 is 22.9. The van der Waals surface area contributed by atoms with E-state index in [1.165, 1.54) is 37.8 Å². The van der Waals surface area contributed by atoms with E-state index in [-0.39, 0.29) is 16.6 Å². The summed E-state index contributed by atoms with van der Waals surface area (Å²) >= 11 is 0. The Balaban J connectivity index is 2.19. The largest absolute Gasteiger partial charge is 0.378 e. The molecule has 1 aromatic carbocycles. The van der Waals surface area contributed by atoms with Crippen LogP contribution in [0.5, 0.6) is 0 Å². The molecule has 0 saturated carbocycles. The van der Waals surface area contributed by atoms with Crippen LogP contribution in [0.15, 0.2) is 23.1 Å². The molecule has 0 radical (unpaired) electrons. The quantitative estimate of drug-likeness (QED) is 0.551. The van der Waals surface area contributed by atoms with Crippen molar-refractivity contribution in [3.63, 3.8) is 0 Å². The Bertz CT molecular complexity index is 728. The molecule has 26 heavy (non-hydrogen) atoms. The number of nitro groups is 1. The maximum Gasteiger partial charge on any atom is 0.293 e. The first-order valence-corrected chi connectivity index (χ1v) is 10.5. The topological polar surface area (TPSA) is 119 Å². The Morgan fingerprint density at radius 2 is 1.85 bits per heavy atom. The number of rotatable bonds is 7. The van der Waals surface area contributed by atoms with Gasteiger partial charge < -0.3 is 5.32 Å². The molecule has 1 heterocycles. The van der Waals surface area contributed by atoms with E-state index in [0.717, 1.165) is 19.2 Å². The van der Waals surface area contributed by atoms with Crippen LogP contribution in [0.3, 0.4) is 0 Å². The molecule has 8 nitrogen and oxygen atoms in total. The lowest BCUT2D eigenvalue weighted by atomic mass is 10.0. The lowest BCUT2D eigenvalue weighted by Crippen LogP contribution is -2.44. The van der Waals surface area contributed by atoms with Gasteiger partial charge in [0.25, 0.3) is 5.69 Å². The summed E-state index contributed by atoms with van der Waals surface area (Å²) in [7, 11) is -3.98. The Morgan fingerprint density at radius 3 is 2.35 bits per heavy atom. The molecule has 0 aromatic heterocycles. The van der Waals surface area contributed by atoms with Gasteiger partial charge in [0, 0.05) is 18.7 Å². The van der Waals surface area contributed by atoms with E-state index >= 15 is 0 Å². The number of sulfonamides is 1. The van der Waals surface area contributed by atoms with E-state index in [1.54, 1.807) is 0 Å². The number of primary sulfonamides is 1. The third-order valence-corrected chi connectivity index (χ3v) is 5.79. The first-order chi connectivity index (χ1) is 12.2. The van der Waals surface area contributed by atoms with Crippen molar-refractivity contribution in [2.45, 2.75) is 50.5 Å². The average Bonchev–Trinajstić information content (AvgIpc) is 2.83. The molecule has 0 bridgehead atoms. The monoisotopic (exact) mass is 384 g/mol. The van der Waals surface area contributed by atoms with Crippen LogP contribution < -0.4 is 10.5 Å². The van der Waals surface area contributed by atoms with Crippen molar-refractivity contribution in [3.8, 4) is 0 Å². The standard InChI is InChI=1S/C17H28N4O4S/c1-13(2)17(20-9-5-3-4-6-10-20)12-19-15-8-7-14(26(18,24)25)11-16(15)21(22)23/h7-8,11,13,17,19H,3-6,9-10,12H2,1-2H3,(H2,18,24,25). The highest BCUT2D eigenvalue weighted by atomic mass is 32.2. The molecule has 0 spiro atoms. The summed E-state index contributed by atoms with van der Waals surface area (Å²) in [5, 5.41) is 19.6. The van der Waals surface area contributed by atoms with E-state index in [4.69, 9.17) is 5.14 Å². The average molecular weight is 385 g/mol. The molecule has 1 saturated heterocycles. The van der Waals surface area contributed by atoms with Crippen molar-refractivity contribution in [1.29, 1.82) is 0 Å². The van der Waals surface area contributed by atoms with Crippen LogP contribution in [0.25, 0.3) is 0 Å². The van der Waals surface area contributed by atoms with Crippen molar-refractivity contribution in [2.24, 2.45) is 11.1 Å². The second-order valence-corrected chi connectivity index (χ2v) is 8.68. The maximum absolute atomic E-state index is 11.4. The minimum atomic E-state index is -3.98. The summed E-state index contributed by atoms with van der Waals surface area (Å²) in [4.78, 5) is 12.9. The summed E-state index contributed by atoms with van der Waals surface area (Å²) in [6, 6.07) is 3.97. The molecule has 9 heteroatoms. The summed E-state index contributed by atoms with van der Waals surface area (Å²) in [6.07, 6.45) is 4.84. The normalized spacial score (nSPS) is 17.7. The zero-order chi connectivity index (χ0) is 19.3. The Kier molecular flexibility index (Phi) is 6.96. The number of hydrogen-bond acceptors (Lipinski definition) is 6. The van der Waals surface area contributed by atoms with Crippen molar-refractivity contribution in [3.05, 3.63) is 28.3 Å². The van der Waals surface area contributed by atoms with Crippen molar-refractivity contribution in [1.82, 2.24) is 4.90 Å². The van der Waals surface area contributed by atoms with Crippen LogP contribution >= 0.6 is 0 Å². The summed E-state index contributed by atoms with van der Waals surface area (Å²) in [5.41, 5.74) is 0.0257. The number of likely N-dealkylation sites (tertiary alicyclic amines) is 1. The molecule has 0 amide bonds. The number of benzene rings is 1. The zero-order valence-corrected chi connectivity index (χ0v) is 16.2. The van der Waals surface area contributed by atoms with Gasteiger partial charge in [-0.05, 0) is 44.0 Å². The number of hydrogen-bond donors (Lipinski definition) is 2. The molecular formula is C17H28N4O4S. The van der Waals surface area contributed by atoms with E-state index < -0.39 is 14.9 Å². The Morgan fingerprint density at radius 1 is 1.23 bits per heavy atom. The molecule has 1 unspecified atom stereocenters. The second-order valence-electron chi connectivity index (χ2n) is 7.12. The minimum Gasteiger partial charge on any atom is -0.378 e. The molecule has 1 aliphatic rings. The van der Waals surface area contributed by atoms with Crippen molar-refractivity contribution >= 4 is 21.4 Å². The number of nitrogens with zero attached hydrogens (tertiary/aromatic N) is 2. The molecule has 1 aromatic rings. The van der Waals surface area contributed by atoms with Gasteiger partial charge in [0.05, 0.1) is 9.82 Å². The number of nitrogens with two attached hydrogens (primary N) is 1. The fourth-order valence-electron chi connectivity index (χ4n) is 3.42. The molecular weight excluding hydrogens is 356 g/mol. The fraction of sp³-hybridized carbons (Fsp3) is 0.647. The van der Waals surface area contributed by atoms with E-state index in [0.29, 0.717) is 18.2 Å². The molecule has 1 fully saturated rings. The number of nitrogens with one attached hydrogen (secondary N) is 1. The fourth-order valence-corrected chi connectivity index (χ4v) is 3.95. The Hall–Kier alpha value is -1.71. The summed E-state index contributed by atoms with van der Waals surface area (Å²) in [6.45, 7) is 6.94. The van der Waals surface area contributed by atoms with Gasteiger partial charge in [0.2, 0.25) is 10.0 Å². The predicted molar refractivity (Wildman–Crippen MR) is 102 cm³/mol. The zero-order valence-electron chi connectivity index (χ0n) is 15.3. The van der Waals surface area contributed by atoms with Crippen molar-refractivity contribution in [2.75, 3.05) is 25.0 Å². The lowest BCUT2D eigenvalue weighted by Gasteiger charge is -2.34. The van der Waals surface area contributed by atoms with Crippen molar-refractivity contribution < 1.29 is 13.3 Å². The van der Waals surface area contributed by atoms with Crippen LogP contribution in [-0.4, -0.2) is 43.9 Å². The predicted octanol–water partition coefficient (Wildman–Crippen LogP) is 2.55. The van der Waals surface area contributed by atoms with Gasteiger partial charge in [-0.15, -0.1) is 0 Å². The smallest absolute Gasteiger partial charge is 0.293 e. The van der Waals surface area contributed by atoms with Gasteiger partial charge in [-0.1, -0.05) is 26.7 Å².